The molecule has 0 bridgehead atoms. The molecule has 8 aromatic rings. The smallest absolute Gasteiger partial charge is 0.0505 e. The molecule has 264 valence electrons. The van der Waals surface area contributed by atoms with Gasteiger partial charge in [-0.15, -0.1) is 0 Å². The van der Waals surface area contributed by atoms with Gasteiger partial charge in [0.2, 0.25) is 0 Å². The lowest BCUT2D eigenvalue weighted by atomic mass is 9.74. The minimum Gasteiger partial charge on any atom is -0.310 e. The second-order valence-corrected chi connectivity index (χ2v) is 14.9. The maximum atomic E-state index is 2.51. The van der Waals surface area contributed by atoms with Crippen LogP contribution in [0.4, 0.5) is 34.1 Å². The molecule has 0 aliphatic heterocycles. The minimum atomic E-state index is -0.140. The second-order valence-electron chi connectivity index (χ2n) is 14.9. The quantitative estimate of drug-likeness (QED) is 0.155. The minimum absolute atomic E-state index is 0.140. The van der Waals surface area contributed by atoms with Gasteiger partial charge in [0.05, 0.1) is 11.4 Å². The predicted octanol–water partition coefficient (Wildman–Crippen LogP) is 14.1. The van der Waals surface area contributed by atoms with Crippen molar-refractivity contribution in [2.24, 2.45) is 0 Å². The van der Waals surface area contributed by atoms with Gasteiger partial charge in [-0.1, -0.05) is 146 Å². The van der Waals surface area contributed by atoms with Crippen molar-refractivity contribution in [2.75, 3.05) is 9.80 Å². The van der Waals surface area contributed by atoms with Crippen molar-refractivity contribution in [3.63, 3.8) is 0 Å². The Morgan fingerprint density at radius 2 is 0.691 bits per heavy atom. The van der Waals surface area contributed by atoms with Gasteiger partial charge in [0.1, 0.15) is 0 Å². The lowest BCUT2D eigenvalue weighted by molar-refractivity contribution is 0.508. The Hall–Kier alpha value is -6.64. The molecule has 2 nitrogen and oxygen atoms in total. The molecule has 0 amide bonds. The molecule has 0 aromatic heterocycles. The number of anilines is 6. The number of para-hydroxylation sites is 2. The molecule has 55 heavy (non-hydrogen) atoms. The molecule has 1 spiro atoms. The summed E-state index contributed by atoms with van der Waals surface area (Å²) in [4.78, 5) is 5.01. The zero-order valence-electron chi connectivity index (χ0n) is 30.9. The van der Waals surface area contributed by atoms with Crippen LogP contribution in [0.3, 0.4) is 0 Å². The van der Waals surface area contributed by atoms with Crippen LogP contribution in [-0.4, -0.2) is 0 Å². The fraction of sp³-hybridized carbons (Fsp3) is 0.0943. The lowest BCUT2D eigenvalue weighted by Crippen LogP contribution is -2.27. The summed E-state index contributed by atoms with van der Waals surface area (Å²) < 4.78 is 0. The fourth-order valence-electron chi connectivity index (χ4n) is 9.41. The summed E-state index contributed by atoms with van der Waals surface area (Å²) in [6.07, 6.45) is 4.29. The lowest BCUT2D eigenvalue weighted by Gasteiger charge is -2.37. The van der Waals surface area contributed by atoms with Crippen molar-refractivity contribution in [1.82, 2.24) is 0 Å². The van der Waals surface area contributed by atoms with E-state index in [-0.39, 0.29) is 5.41 Å². The molecule has 2 heteroatoms. The van der Waals surface area contributed by atoms with Crippen LogP contribution in [0.1, 0.15) is 35.1 Å². The van der Waals surface area contributed by atoms with Gasteiger partial charge >= 0.3 is 0 Å². The predicted molar refractivity (Wildman–Crippen MR) is 231 cm³/mol. The van der Waals surface area contributed by atoms with Gasteiger partial charge in [-0.25, -0.2) is 0 Å². The summed E-state index contributed by atoms with van der Waals surface area (Å²) in [6, 6.07) is 75.5. The van der Waals surface area contributed by atoms with E-state index in [0.29, 0.717) is 0 Å². The molecule has 0 radical (unpaired) electrons. The number of hydrogen-bond acceptors (Lipinski definition) is 2. The highest BCUT2D eigenvalue weighted by molar-refractivity contribution is 5.87. The molecule has 2 aliphatic rings. The summed E-state index contributed by atoms with van der Waals surface area (Å²) >= 11 is 0. The zero-order chi connectivity index (χ0) is 36.6. The summed E-state index contributed by atoms with van der Waals surface area (Å²) in [7, 11) is 0. The van der Waals surface area contributed by atoms with Crippen LogP contribution in [0.25, 0.3) is 22.3 Å². The SMILES string of the molecule is c1ccc(-c2ccc(N(c3ccccc3)c3cccc4c3[C@@]3(CC4)CCc4cccc(N(c5ccccc5)c5cccc(-c6ccccc6)c5)c43)cc2)cc1. The Labute approximate surface area is 324 Å². The van der Waals surface area contributed by atoms with E-state index >= 15 is 0 Å². The maximum Gasteiger partial charge on any atom is 0.0505 e. The van der Waals surface area contributed by atoms with Crippen molar-refractivity contribution >= 4 is 34.1 Å². The van der Waals surface area contributed by atoms with Crippen LogP contribution in [-0.2, 0) is 18.3 Å². The van der Waals surface area contributed by atoms with Gasteiger partial charge in [-0.3, -0.25) is 0 Å². The largest absolute Gasteiger partial charge is 0.310 e. The van der Waals surface area contributed by atoms with Gasteiger partial charge in [-0.05, 0) is 131 Å². The van der Waals surface area contributed by atoms with E-state index in [9.17, 15) is 0 Å². The van der Waals surface area contributed by atoms with Crippen molar-refractivity contribution in [3.05, 3.63) is 229 Å². The van der Waals surface area contributed by atoms with E-state index in [0.717, 1.165) is 31.4 Å². The van der Waals surface area contributed by atoms with E-state index in [1.165, 1.54) is 72.9 Å². The van der Waals surface area contributed by atoms with E-state index < -0.39 is 0 Å². The Morgan fingerprint density at radius 1 is 0.309 bits per heavy atom. The molecule has 0 saturated carbocycles. The average Bonchev–Trinajstić information content (AvgIpc) is 3.84. The topological polar surface area (TPSA) is 6.48 Å². The average molecular weight is 707 g/mol. The molecular weight excluding hydrogens is 665 g/mol. The van der Waals surface area contributed by atoms with Gasteiger partial charge in [0.25, 0.3) is 0 Å². The van der Waals surface area contributed by atoms with E-state index in [1.807, 2.05) is 0 Å². The van der Waals surface area contributed by atoms with Crippen LogP contribution in [0.15, 0.2) is 206 Å². The standard InChI is InChI=1S/C53H42N2/c1-5-16-39(17-6-1)41-30-32-47(33-31-41)54(45-23-9-3-10-24-45)49-28-14-20-42-34-36-53(51(42)49)37-35-43-21-15-29-50(52(43)53)55(46-25-11-4-12-26-46)48-27-13-22-44(38-48)40-18-7-2-8-19-40/h1-33,38H,34-37H2/t53-/m1/s1. The normalized spacial score (nSPS) is 15.4. The molecule has 0 fully saturated rings. The summed E-state index contributed by atoms with van der Waals surface area (Å²) in [6.45, 7) is 0. The van der Waals surface area contributed by atoms with Gasteiger partial charge in [0.15, 0.2) is 0 Å². The fourth-order valence-corrected chi connectivity index (χ4v) is 9.41. The first-order valence-corrected chi connectivity index (χ1v) is 19.5. The zero-order valence-corrected chi connectivity index (χ0v) is 30.9. The molecule has 2 aliphatic carbocycles. The summed E-state index contributed by atoms with van der Waals surface area (Å²) in [5.74, 6) is 0. The van der Waals surface area contributed by atoms with Crippen molar-refractivity contribution in [2.45, 2.75) is 31.1 Å². The second kappa shape index (κ2) is 14.0. The first-order valence-electron chi connectivity index (χ1n) is 19.5. The number of benzene rings is 8. The maximum absolute atomic E-state index is 2.51. The van der Waals surface area contributed by atoms with Crippen molar-refractivity contribution in [1.29, 1.82) is 0 Å². The van der Waals surface area contributed by atoms with Crippen molar-refractivity contribution < 1.29 is 0 Å². The van der Waals surface area contributed by atoms with Crippen LogP contribution >= 0.6 is 0 Å². The Bertz CT molecular complexity index is 2580. The van der Waals surface area contributed by atoms with E-state index in [2.05, 4.69) is 216 Å². The number of rotatable bonds is 8. The van der Waals surface area contributed by atoms with Gasteiger partial charge < -0.3 is 9.80 Å². The number of aryl methyl sites for hydroxylation is 2. The molecule has 0 unspecified atom stereocenters. The highest BCUT2D eigenvalue weighted by Crippen LogP contribution is 2.59. The van der Waals surface area contributed by atoms with Gasteiger partial charge in [-0.2, -0.15) is 0 Å². The van der Waals surface area contributed by atoms with Crippen LogP contribution in [0.5, 0.6) is 0 Å². The van der Waals surface area contributed by atoms with Crippen LogP contribution in [0.2, 0.25) is 0 Å². The highest BCUT2D eigenvalue weighted by Gasteiger charge is 2.49. The number of fused-ring (bicyclic) bond motifs is 4. The van der Waals surface area contributed by atoms with Crippen LogP contribution < -0.4 is 9.80 Å². The van der Waals surface area contributed by atoms with E-state index in [1.54, 1.807) is 0 Å². The molecule has 1 atom stereocenters. The summed E-state index contributed by atoms with van der Waals surface area (Å²) in [5, 5.41) is 0. The first-order chi connectivity index (χ1) is 27.3. The molecule has 8 aromatic carbocycles. The molecule has 0 N–H and O–H groups in total. The molecule has 0 heterocycles. The van der Waals surface area contributed by atoms with Crippen molar-refractivity contribution in [3.8, 4) is 22.3 Å². The Morgan fingerprint density at radius 3 is 1.22 bits per heavy atom. The molecule has 10 rings (SSSR count). The molecule has 0 saturated heterocycles. The highest BCUT2D eigenvalue weighted by atomic mass is 15.2. The third kappa shape index (κ3) is 5.82. The van der Waals surface area contributed by atoms with Gasteiger partial charge in [0, 0.05) is 28.2 Å². The summed E-state index contributed by atoms with van der Waals surface area (Å²) in [5.41, 5.74) is 17.8. The first kappa shape index (κ1) is 33.0. The Balaban J connectivity index is 1.16. The third-order valence-corrected chi connectivity index (χ3v) is 11.8. The third-order valence-electron chi connectivity index (χ3n) is 11.8. The Kier molecular flexibility index (Phi) is 8.37. The monoisotopic (exact) mass is 706 g/mol. The van der Waals surface area contributed by atoms with E-state index in [4.69, 9.17) is 0 Å². The molecular formula is C53H42N2. The van der Waals surface area contributed by atoms with Crippen LogP contribution in [0, 0.1) is 0 Å². The number of nitrogens with zero attached hydrogens (tertiary/aromatic N) is 2. The number of hydrogen-bond donors (Lipinski definition) is 0.